The molecule has 4 saturated carbocycles. The Hall–Kier alpha value is -1.46. The summed E-state index contributed by atoms with van der Waals surface area (Å²) in [6.45, 7) is 10.1. The molecule has 0 aromatic heterocycles. The molecule has 1 heterocycles. The summed E-state index contributed by atoms with van der Waals surface area (Å²) in [7, 11) is 0. The van der Waals surface area contributed by atoms with E-state index in [-0.39, 0.29) is 34.9 Å². The van der Waals surface area contributed by atoms with Crippen molar-refractivity contribution in [2.75, 3.05) is 0 Å². The highest BCUT2D eigenvalue weighted by atomic mass is 16.6. The van der Waals surface area contributed by atoms with Crippen molar-refractivity contribution in [3.05, 3.63) is 23.3 Å². The van der Waals surface area contributed by atoms with Crippen molar-refractivity contribution < 1.29 is 24.5 Å². The van der Waals surface area contributed by atoms with Crippen LogP contribution in [0.1, 0.15) is 79.6 Å². The lowest BCUT2D eigenvalue weighted by molar-refractivity contribution is -0.205. The molecule has 34 heavy (non-hydrogen) atoms. The van der Waals surface area contributed by atoms with Crippen LogP contribution in [-0.2, 0) is 14.3 Å². The largest absolute Gasteiger partial charge is 0.456 e. The maximum Gasteiger partial charge on any atom is 0.334 e. The lowest BCUT2D eigenvalue weighted by atomic mass is 9.43. The van der Waals surface area contributed by atoms with E-state index in [0.717, 1.165) is 37.7 Å². The van der Waals surface area contributed by atoms with Gasteiger partial charge in [-0.25, -0.2) is 4.79 Å². The average Bonchev–Trinajstić information content (AvgIpc) is 3.49. The quantitative estimate of drug-likeness (QED) is 0.588. The number of aliphatic hydroxyl groups is 2. The first kappa shape index (κ1) is 23.0. The fourth-order valence-corrected chi connectivity index (χ4v) is 10.0. The Balaban J connectivity index is 1.33. The molecule has 6 aliphatic rings. The van der Waals surface area contributed by atoms with Crippen molar-refractivity contribution in [1.29, 1.82) is 0 Å². The standard InChI is InChI=1S/C29H40O5/c1-15-13-23(34-25(31)16(15)2)28(5,32)21-9-8-18-24-17-14-20(17)29(33)11-6-7-22(30)27(29,4)19(24)10-12-26(18,21)3/h6-7,17-21,23-24,32-33H,8-14H2,1-5H3/t17-,18?,19?,20+,21?,23?,24?,26+,27+,28+,29+/m1/s1. The van der Waals surface area contributed by atoms with Crippen LogP contribution in [0.5, 0.6) is 0 Å². The number of carbonyl (C=O) groups excluding carboxylic acids is 2. The van der Waals surface area contributed by atoms with E-state index in [2.05, 4.69) is 13.8 Å². The van der Waals surface area contributed by atoms with Crippen LogP contribution in [0.15, 0.2) is 23.3 Å². The first-order valence-electron chi connectivity index (χ1n) is 13.4. The predicted octanol–water partition coefficient (Wildman–Crippen LogP) is 4.36. The summed E-state index contributed by atoms with van der Waals surface area (Å²) >= 11 is 0. The van der Waals surface area contributed by atoms with Crippen molar-refractivity contribution >= 4 is 11.8 Å². The molecule has 0 radical (unpaired) electrons. The van der Waals surface area contributed by atoms with Gasteiger partial charge in [-0.1, -0.05) is 18.6 Å². The third kappa shape index (κ3) is 2.58. The monoisotopic (exact) mass is 468 g/mol. The van der Waals surface area contributed by atoms with Gasteiger partial charge in [0.25, 0.3) is 0 Å². The number of cyclic esters (lactones) is 1. The molecule has 0 aromatic rings. The summed E-state index contributed by atoms with van der Waals surface area (Å²) in [6, 6.07) is 0. The molecule has 5 unspecified atom stereocenters. The number of esters is 1. The third-order valence-electron chi connectivity index (χ3n) is 12.2. The number of ether oxygens (including phenoxy) is 1. The van der Waals surface area contributed by atoms with E-state index < -0.39 is 22.7 Å². The van der Waals surface area contributed by atoms with Gasteiger partial charge in [0, 0.05) is 12.0 Å². The summed E-state index contributed by atoms with van der Waals surface area (Å²) in [5, 5.41) is 23.8. The summed E-state index contributed by atoms with van der Waals surface area (Å²) in [4.78, 5) is 25.8. The van der Waals surface area contributed by atoms with Crippen LogP contribution in [-0.4, -0.2) is 39.3 Å². The van der Waals surface area contributed by atoms with Gasteiger partial charge >= 0.3 is 5.97 Å². The molecule has 4 fully saturated rings. The highest BCUT2D eigenvalue weighted by Crippen LogP contribution is 2.76. The molecule has 0 amide bonds. The number of fused-ring (bicyclic) bond motifs is 8. The van der Waals surface area contributed by atoms with Gasteiger partial charge in [0.05, 0.1) is 11.0 Å². The minimum absolute atomic E-state index is 0.0442. The van der Waals surface area contributed by atoms with Gasteiger partial charge < -0.3 is 14.9 Å². The smallest absolute Gasteiger partial charge is 0.334 e. The Labute approximate surface area is 203 Å². The number of hydrogen-bond acceptors (Lipinski definition) is 5. The maximum absolute atomic E-state index is 13.3. The molecule has 0 aromatic carbocycles. The topological polar surface area (TPSA) is 83.8 Å². The van der Waals surface area contributed by atoms with Crippen molar-refractivity contribution in [1.82, 2.24) is 0 Å². The molecule has 5 heteroatoms. The normalized spacial score (nSPS) is 53.3. The van der Waals surface area contributed by atoms with Gasteiger partial charge in [0.1, 0.15) is 11.7 Å². The Bertz CT molecular complexity index is 1020. The molecular formula is C29H40O5. The van der Waals surface area contributed by atoms with Gasteiger partial charge in [0.2, 0.25) is 0 Å². The van der Waals surface area contributed by atoms with Gasteiger partial charge in [-0.15, -0.1) is 0 Å². The van der Waals surface area contributed by atoms with Crippen LogP contribution < -0.4 is 0 Å². The molecule has 2 N–H and O–H groups in total. The van der Waals surface area contributed by atoms with Gasteiger partial charge in [-0.3, -0.25) is 4.79 Å². The lowest BCUT2D eigenvalue weighted by Crippen LogP contribution is -2.65. The molecule has 186 valence electrons. The molecule has 0 saturated heterocycles. The predicted molar refractivity (Wildman–Crippen MR) is 127 cm³/mol. The number of allylic oxidation sites excluding steroid dienone is 1. The molecule has 11 atom stereocenters. The Kier molecular flexibility index (Phi) is 4.63. The number of rotatable bonds is 2. The van der Waals surface area contributed by atoms with Crippen molar-refractivity contribution in [3.63, 3.8) is 0 Å². The van der Waals surface area contributed by atoms with E-state index in [9.17, 15) is 19.8 Å². The van der Waals surface area contributed by atoms with Gasteiger partial charge in [0.15, 0.2) is 5.78 Å². The molecule has 6 rings (SSSR count). The van der Waals surface area contributed by atoms with E-state index in [4.69, 9.17) is 4.74 Å². The Morgan fingerprint density at radius 2 is 1.82 bits per heavy atom. The summed E-state index contributed by atoms with van der Waals surface area (Å²) in [6.07, 6.45) is 9.10. The number of carbonyl (C=O) groups is 2. The first-order valence-corrected chi connectivity index (χ1v) is 13.4. The Morgan fingerprint density at radius 3 is 2.53 bits per heavy atom. The van der Waals surface area contributed by atoms with Crippen LogP contribution in [0.3, 0.4) is 0 Å². The molecular weight excluding hydrogens is 428 g/mol. The zero-order valence-corrected chi connectivity index (χ0v) is 21.3. The second-order valence-corrected chi connectivity index (χ2v) is 13.3. The lowest BCUT2D eigenvalue weighted by Gasteiger charge is -2.62. The van der Waals surface area contributed by atoms with Crippen molar-refractivity contribution in [2.45, 2.75) is 96.9 Å². The van der Waals surface area contributed by atoms with Gasteiger partial charge in [-0.2, -0.15) is 0 Å². The zero-order chi connectivity index (χ0) is 24.4. The molecule has 5 nitrogen and oxygen atoms in total. The maximum atomic E-state index is 13.3. The van der Waals surface area contributed by atoms with Crippen LogP contribution in [0.2, 0.25) is 0 Å². The first-order chi connectivity index (χ1) is 15.9. The van der Waals surface area contributed by atoms with E-state index in [0.29, 0.717) is 36.2 Å². The third-order valence-corrected chi connectivity index (χ3v) is 12.2. The highest BCUT2D eigenvalue weighted by Gasteiger charge is 2.76. The summed E-state index contributed by atoms with van der Waals surface area (Å²) < 4.78 is 5.79. The molecule has 0 spiro atoms. The van der Waals surface area contributed by atoms with Crippen molar-refractivity contribution in [2.24, 2.45) is 46.3 Å². The van der Waals surface area contributed by atoms with Crippen molar-refractivity contribution in [3.8, 4) is 0 Å². The number of ketones is 1. The van der Waals surface area contributed by atoms with Crippen LogP contribution in [0, 0.1) is 46.3 Å². The van der Waals surface area contributed by atoms with E-state index in [1.165, 1.54) is 0 Å². The van der Waals surface area contributed by atoms with Crippen LogP contribution in [0.25, 0.3) is 0 Å². The second-order valence-electron chi connectivity index (χ2n) is 13.3. The summed E-state index contributed by atoms with van der Waals surface area (Å²) in [5.41, 5.74) is -1.09. The van der Waals surface area contributed by atoms with Crippen LogP contribution in [0.4, 0.5) is 0 Å². The van der Waals surface area contributed by atoms with E-state index in [1.54, 1.807) is 13.0 Å². The molecule has 5 aliphatic carbocycles. The molecule has 0 bridgehead atoms. The fourth-order valence-electron chi connectivity index (χ4n) is 10.0. The minimum Gasteiger partial charge on any atom is -0.456 e. The molecule has 1 aliphatic heterocycles. The zero-order valence-electron chi connectivity index (χ0n) is 21.3. The van der Waals surface area contributed by atoms with Gasteiger partial charge in [-0.05, 0) is 113 Å². The minimum atomic E-state index is -1.10. The highest BCUT2D eigenvalue weighted by molar-refractivity contribution is 5.97. The fraction of sp³-hybridized carbons (Fsp3) is 0.793. The second kappa shape index (κ2) is 6.85. The van der Waals surface area contributed by atoms with E-state index in [1.807, 2.05) is 19.9 Å². The average molecular weight is 469 g/mol. The SMILES string of the molecule is CC1=C(C)C(=O)OC([C@@](C)(O)C2CCC3C4C(CC[C@@]32C)[C@@]2(C)C(=O)C=CC[C@]2(O)[C@H]2C[C@@H]42)C1. The Morgan fingerprint density at radius 1 is 1.09 bits per heavy atom. The number of hydrogen-bond donors (Lipinski definition) is 2. The summed E-state index contributed by atoms with van der Waals surface area (Å²) in [5.74, 6) is 1.59. The van der Waals surface area contributed by atoms with Crippen LogP contribution >= 0.6 is 0 Å². The van der Waals surface area contributed by atoms with E-state index >= 15 is 0 Å².